The molecule has 5 rings (SSSR count). The van der Waals surface area contributed by atoms with Crippen LogP contribution in [0.15, 0.2) is 65.7 Å². The van der Waals surface area contributed by atoms with Crippen molar-refractivity contribution in [1.29, 1.82) is 0 Å². The quantitative estimate of drug-likeness (QED) is 0.459. The highest BCUT2D eigenvalue weighted by atomic mass is 32.1. The number of aromatic nitrogens is 2. The molecule has 0 saturated carbocycles. The average Bonchev–Trinajstić information content (AvgIpc) is 3.26. The molecule has 1 atom stereocenters. The van der Waals surface area contributed by atoms with E-state index >= 15 is 0 Å². The summed E-state index contributed by atoms with van der Waals surface area (Å²) in [6, 6.07) is 15.6. The van der Waals surface area contributed by atoms with Gasteiger partial charge >= 0.3 is 0 Å². The van der Waals surface area contributed by atoms with Gasteiger partial charge in [-0.25, -0.2) is 4.98 Å². The Kier molecular flexibility index (Phi) is 5.51. The molecule has 166 valence electrons. The number of hydrogen-bond donors (Lipinski definition) is 2. The second-order valence-corrected chi connectivity index (χ2v) is 9.44. The third kappa shape index (κ3) is 4.17. The Bertz CT molecular complexity index is 1420. The van der Waals surface area contributed by atoms with Crippen molar-refractivity contribution in [2.24, 2.45) is 5.92 Å². The molecule has 33 heavy (non-hydrogen) atoms. The average molecular weight is 459 g/mol. The first-order valence-electron chi connectivity index (χ1n) is 10.8. The molecule has 2 amide bonds. The summed E-state index contributed by atoms with van der Waals surface area (Å²) < 4.78 is 1.44. The first kappa shape index (κ1) is 21.1. The highest BCUT2D eigenvalue weighted by Crippen LogP contribution is 2.32. The summed E-state index contributed by atoms with van der Waals surface area (Å²) in [6.07, 6.45) is 4.61. The van der Waals surface area contributed by atoms with Crippen LogP contribution in [0.4, 0.5) is 0 Å². The van der Waals surface area contributed by atoms with E-state index in [-0.39, 0.29) is 11.5 Å². The lowest BCUT2D eigenvalue weighted by Crippen LogP contribution is -2.41. The SMILES string of the molecule is C[C@H]1CCc2sc(C(=O)NNC(=O)c3ccc(-n4cnc5ccccc5c4=O)cc3)cc2C1. The number of nitrogens with one attached hydrogen (secondary N) is 2. The van der Waals surface area contributed by atoms with E-state index < -0.39 is 5.91 Å². The van der Waals surface area contributed by atoms with Crippen molar-refractivity contribution in [3.05, 3.63) is 92.2 Å². The Hall–Kier alpha value is -3.78. The van der Waals surface area contributed by atoms with E-state index in [4.69, 9.17) is 0 Å². The first-order chi connectivity index (χ1) is 16.0. The van der Waals surface area contributed by atoms with Gasteiger partial charge in [0.15, 0.2) is 0 Å². The minimum absolute atomic E-state index is 0.182. The predicted octanol–water partition coefficient (Wildman–Crippen LogP) is 3.65. The number of carbonyl (C=O) groups excluding carboxylic acids is 2. The number of aryl methyl sites for hydroxylation is 1. The molecule has 0 bridgehead atoms. The Morgan fingerprint density at radius 2 is 1.82 bits per heavy atom. The summed E-state index contributed by atoms with van der Waals surface area (Å²) in [5.74, 6) is -0.124. The Balaban J connectivity index is 1.26. The number of hydrogen-bond acceptors (Lipinski definition) is 5. The summed E-state index contributed by atoms with van der Waals surface area (Å²) >= 11 is 1.49. The number of rotatable bonds is 3. The lowest BCUT2D eigenvalue weighted by molar-refractivity contribution is 0.0849. The number of amides is 2. The van der Waals surface area contributed by atoms with Gasteiger partial charge in [-0.3, -0.25) is 29.8 Å². The minimum Gasteiger partial charge on any atom is -0.268 e. The molecule has 2 aromatic heterocycles. The predicted molar refractivity (Wildman–Crippen MR) is 128 cm³/mol. The number of benzene rings is 2. The molecule has 1 aliphatic rings. The van der Waals surface area contributed by atoms with Gasteiger partial charge in [0.25, 0.3) is 17.4 Å². The largest absolute Gasteiger partial charge is 0.279 e. The molecule has 2 heterocycles. The Labute approximate surface area is 194 Å². The van der Waals surface area contributed by atoms with Crippen LogP contribution in [-0.2, 0) is 12.8 Å². The molecule has 2 N–H and O–H groups in total. The van der Waals surface area contributed by atoms with Gasteiger partial charge in [-0.05, 0) is 73.2 Å². The van der Waals surface area contributed by atoms with Gasteiger partial charge in [0, 0.05) is 10.4 Å². The zero-order valence-corrected chi connectivity index (χ0v) is 18.8. The standard InChI is InChI=1S/C25H22N4O3S/c1-15-6-11-21-17(12-15)13-22(33-21)24(31)28-27-23(30)16-7-9-18(10-8-16)29-14-26-20-5-3-2-4-19(20)25(29)32/h2-5,7-10,13-15H,6,11-12H2,1H3,(H,27,30)(H,28,31)/t15-/m0/s1. The molecule has 7 nitrogen and oxygen atoms in total. The lowest BCUT2D eigenvalue weighted by Gasteiger charge is -2.16. The number of nitrogens with zero attached hydrogens (tertiary/aromatic N) is 2. The molecule has 0 fully saturated rings. The minimum atomic E-state index is -0.436. The maximum atomic E-state index is 12.7. The molecule has 0 saturated heterocycles. The smallest absolute Gasteiger partial charge is 0.268 e. The number of hydrazine groups is 1. The molecule has 0 aliphatic heterocycles. The fraction of sp³-hybridized carbons (Fsp3) is 0.200. The second-order valence-electron chi connectivity index (χ2n) is 8.30. The van der Waals surface area contributed by atoms with Crippen LogP contribution >= 0.6 is 11.3 Å². The lowest BCUT2D eigenvalue weighted by atomic mass is 9.90. The monoisotopic (exact) mass is 458 g/mol. The summed E-state index contributed by atoms with van der Waals surface area (Å²) in [5.41, 5.74) is 7.61. The van der Waals surface area contributed by atoms with Crippen molar-refractivity contribution in [1.82, 2.24) is 20.4 Å². The Morgan fingerprint density at radius 3 is 2.64 bits per heavy atom. The van der Waals surface area contributed by atoms with E-state index in [0.717, 1.165) is 19.3 Å². The molecule has 0 spiro atoms. The van der Waals surface area contributed by atoms with E-state index in [2.05, 4.69) is 22.8 Å². The number of para-hydroxylation sites is 1. The zero-order chi connectivity index (χ0) is 22.9. The Morgan fingerprint density at radius 1 is 1.06 bits per heavy atom. The molecular formula is C25H22N4O3S. The van der Waals surface area contributed by atoms with Crippen LogP contribution in [0.5, 0.6) is 0 Å². The summed E-state index contributed by atoms with van der Waals surface area (Å²) in [4.78, 5) is 43.9. The summed E-state index contributed by atoms with van der Waals surface area (Å²) in [7, 11) is 0. The maximum absolute atomic E-state index is 12.7. The van der Waals surface area contributed by atoms with Crippen molar-refractivity contribution in [3.63, 3.8) is 0 Å². The topological polar surface area (TPSA) is 93.1 Å². The van der Waals surface area contributed by atoms with Crippen LogP contribution in [0.2, 0.25) is 0 Å². The third-order valence-corrected chi connectivity index (χ3v) is 7.15. The van der Waals surface area contributed by atoms with E-state index in [1.54, 1.807) is 42.5 Å². The van der Waals surface area contributed by atoms with Crippen molar-refractivity contribution < 1.29 is 9.59 Å². The van der Waals surface area contributed by atoms with Gasteiger partial charge in [-0.1, -0.05) is 19.1 Å². The van der Waals surface area contributed by atoms with Crippen LogP contribution in [0, 0.1) is 5.92 Å². The van der Waals surface area contributed by atoms with Gasteiger partial charge in [0.1, 0.15) is 6.33 Å². The molecular weight excluding hydrogens is 436 g/mol. The second kappa shape index (κ2) is 8.63. The van der Waals surface area contributed by atoms with Gasteiger partial charge < -0.3 is 0 Å². The van der Waals surface area contributed by atoms with Crippen LogP contribution in [0.25, 0.3) is 16.6 Å². The maximum Gasteiger partial charge on any atom is 0.279 e. The highest BCUT2D eigenvalue weighted by Gasteiger charge is 2.21. The van der Waals surface area contributed by atoms with Crippen molar-refractivity contribution in [2.45, 2.75) is 26.2 Å². The van der Waals surface area contributed by atoms with Crippen LogP contribution in [-0.4, -0.2) is 21.4 Å². The molecule has 8 heteroatoms. The molecule has 4 aromatic rings. The van der Waals surface area contributed by atoms with Gasteiger partial charge in [-0.15, -0.1) is 11.3 Å². The molecule has 1 aliphatic carbocycles. The van der Waals surface area contributed by atoms with Crippen LogP contribution in [0.3, 0.4) is 0 Å². The van der Waals surface area contributed by atoms with Crippen molar-refractivity contribution in [3.8, 4) is 5.69 Å². The van der Waals surface area contributed by atoms with E-state index in [1.165, 1.54) is 32.7 Å². The molecule has 0 radical (unpaired) electrons. The van der Waals surface area contributed by atoms with Gasteiger partial charge in [0.05, 0.1) is 21.5 Å². The normalized spacial score (nSPS) is 15.1. The van der Waals surface area contributed by atoms with Gasteiger partial charge in [0.2, 0.25) is 0 Å². The zero-order valence-electron chi connectivity index (χ0n) is 18.0. The van der Waals surface area contributed by atoms with Crippen molar-refractivity contribution >= 4 is 34.1 Å². The fourth-order valence-electron chi connectivity index (χ4n) is 4.09. The summed E-state index contributed by atoms with van der Waals surface area (Å²) in [6.45, 7) is 2.22. The fourth-order valence-corrected chi connectivity index (χ4v) is 5.20. The number of carbonyl (C=O) groups is 2. The van der Waals surface area contributed by atoms with Crippen molar-refractivity contribution in [2.75, 3.05) is 0 Å². The molecule has 0 unspecified atom stereocenters. The van der Waals surface area contributed by atoms with E-state index in [1.807, 2.05) is 12.1 Å². The van der Waals surface area contributed by atoms with Crippen LogP contribution < -0.4 is 16.4 Å². The molecule has 2 aromatic carbocycles. The summed E-state index contributed by atoms with van der Waals surface area (Å²) in [5, 5.41) is 0.522. The van der Waals surface area contributed by atoms with E-state index in [9.17, 15) is 14.4 Å². The number of fused-ring (bicyclic) bond motifs is 2. The highest BCUT2D eigenvalue weighted by molar-refractivity contribution is 7.14. The van der Waals surface area contributed by atoms with Crippen LogP contribution in [0.1, 0.15) is 43.8 Å². The first-order valence-corrected chi connectivity index (χ1v) is 11.6. The van der Waals surface area contributed by atoms with Gasteiger partial charge in [-0.2, -0.15) is 0 Å². The number of thiophene rings is 1. The third-order valence-electron chi connectivity index (χ3n) is 5.92. The van der Waals surface area contributed by atoms with E-state index in [0.29, 0.717) is 32.9 Å².